The summed E-state index contributed by atoms with van der Waals surface area (Å²) in [4.78, 5) is 0. The van der Waals surface area contributed by atoms with Crippen molar-refractivity contribution in [2.45, 2.75) is 13.5 Å². The predicted molar refractivity (Wildman–Crippen MR) is 76.0 cm³/mol. The minimum atomic E-state index is -0.229. The van der Waals surface area contributed by atoms with Crippen LogP contribution in [0.25, 0.3) is 0 Å². The number of nitrogens with one attached hydrogen (secondary N) is 1. The fraction of sp³-hybridized carbons (Fsp3) is 0.188. The van der Waals surface area contributed by atoms with E-state index < -0.39 is 0 Å². The molecule has 0 unspecified atom stereocenters. The molecule has 0 bridgehead atoms. The Bertz CT molecular complexity index is 617. The first-order valence-corrected chi connectivity index (χ1v) is 6.28. The first-order chi connectivity index (χ1) is 9.69. The molecule has 0 aliphatic carbocycles. The Labute approximate surface area is 117 Å². The summed E-state index contributed by atoms with van der Waals surface area (Å²) in [6.07, 6.45) is 0. The molecular formula is C16H15FN2O. The number of rotatable bonds is 5. The molecule has 0 spiro atoms. The Kier molecular flexibility index (Phi) is 4.56. The minimum Gasteiger partial charge on any atom is -0.479 e. The van der Waals surface area contributed by atoms with Crippen molar-refractivity contribution in [3.8, 4) is 11.8 Å². The molecule has 2 aromatic carbocycles. The molecule has 102 valence electrons. The summed E-state index contributed by atoms with van der Waals surface area (Å²) in [5.41, 5.74) is 2.89. The van der Waals surface area contributed by atoms with Crippen LogP contribution in [0, 0.1) is 24.1 Å². The van der Waals surface area contributed by atoms with Crippen molar-refractivity contribution in [1.29, 1.82) is 5.26 Å². The molecule has 0 aliphatic rings. The normalized spacial score (nSPS) is 9.85. The Morgan fingerprint density at radius 1 is 1.20 bits per heavy atom. The Balaban J connectivity index is 1.97. The van der Waals surface area contributed by atoms with Gasteiger partial charge in [-0.2, -0.15) is 5.26 Å². The van der Waals surface area contributed by atoms with Gasteiger partial charge in [-0.3, -0.25) is 0 Å². The smallest absolute Gasteiger partial charge is 0.174 e. The van der Waals surface area contributed by atoms with Crippen molar-refractivity contribution in [2.24, 2.45) is 0 Å². The predicted octanol–water partition coefficient (Wildman–Crippen LogP) is 3.65. The fourth-order valence-electron chi connectivity index (χ4n) is 1.81. The molecular weight excluding hydrogens is 255 g/mol. The molecule has 2 rings (SSSR count). The van der Waals surface area contributed by atoms with E-state index >= 15 is 0 Å². The number of nitriles is 1. The largest absolute Gasteiger partial charge is 0.479 e. The van der Waals surface area contributed by atoms with Gasteiger partial charge in [-0.1, -0.05) is 6.07 Å². The maximum absolute atomic E-state index is 13.2. The zero-order valence-electron chi connectivity index (χ0n) is 11.2. The number of benzene rings is 2. The SMILES string of the molecule is Cc1ccc(F)cc1CNc1ccc(OCC#N)cc1. The van der Waals surface area contributed by atoms with Gasteiger partial charge < -0.3 is 10.1 Å². The first-order valence-electron chi connectivity index (χ1n) is 6.28. The average molecular weight is 270 g/mol. The van der Waals surface area contributed by atoms with Gasteiger partial charge in [-0.05, 0) is 54.4 Å². The number of hydrogen-bond acceptors (Lipinski definition) is 3. The van der Waals surface area contributed by atoms with Gasteiger partial charge in [-0.15, -0.1) is 0 Å². The van der Waals surface area contributed by atoms with Crippen molar-refractivity contribution >= 4 is 5.69 Å². The van der Waals surface area contributed by atoms with Crippen LogP contribution in [-0.2, 0) is 6.54 Å². The number of nitrogens with zero attached hydrogens (tertiary/aromatic N) is 1. The lowest BCUT2D eigenvalue weighted by atomic mass is 10.1. The third-order valence-corrected chi connectivity index (χ3v) is 2.95. The Morgan fingerprint density at radius 2 is 1.95 bits per heavy atom. The zero-order valence-corrected chi connectivity index (χ0v) is 11.2. The fourth-order valence-corrected chi connectivity index (χ4v) is 1.81. The summed E-state index contributed by atoms with van der Waals surface area (Å²) in [7, 11) is 0. The topological polar surface area (TPSA) is 45.0 Å². The number of ether oxygens (including phenoxy) is 1. The van der Waals surface area contributed by atoms with E-state index in [0.29, 0.717) is 12.3 Å². The van der Waals surface area contributed by atoms with E-state index in [2.05, 4.69) is 5.32 Å². The van der Waals surface area contributed by atoms with E-state index in [4.69, 9.17) is 10.00 Å². The Morgan fingerprint density at radius 3 is 2.65 bits per heavy atom. The summed E-state index contributed by atoms with van der Waals surface area (Å²) in [6.45, 7) is 2.55. The summed E-state index contributed by atoms with van der Waals surface area (Å²) in [5.74, 6) is 0.423. The summed E-state index contributed by atoms with van der Waals surface area (Å²) in [5, 5.41) is 11.6. The third kappa shape index (κ3) is 3.72. The maximum atomic E-state index is 13.2. The van der Waals surface area contributed by atoms with Gasteiger partial charge in [-0.25, -0.2) is 4.39 Å². The lowest BCUT2D eigenvalue weighted by molar-refractivity contribution is 0.368. The first kappa shape index (κ1) is 13.9. The van der Waals surface area contributed by atoms with Gasteiger partial charge in [0.05, 0.1) is 0 Å². The highest BCUT2D eigenvalue weighted by atomic mass is 19.1. The van der Waals surface area contributed by atoms with Crippen LogP contribution >= 0.6 is 0 Å². The monoisotopic (exact) mass is 270 g/mol. The van der Waals surface area contributed by atoms with E-state index in [9.17, 15) is 4.39 Å². The van der Waals surface area contributed by atoms with E-state index in [1.54, 1.807) is 18.2 Å². The molecule has 0 heterocycles. The van der Waals surface area contributed by atoms with Crippen LogP contribution in [0.4, 0.5) is 10.1 Å². The maximum Gasteiger partial charge on any atom is 0.174 e. The van der Waals surface area contributed by atoms with Crippen molar-refractivity contribution < 1.29 is 9.13 Å². The van der Waals surface area contributed by atoms with Crippen molar-refractivity contribution in [3.63, 3.8) is 0 Å². The molecule has 0 atom stereocenters. The molecule has 0 saturated carbocycles. The number of aryl methyl sites for hydroxylation is 1. The standard InChI is InChI=1S/C16H15FN2O/c1-12-2-3-14(17)10-13(12)11-19-15-4-6-16(7-5-15)20-9-8-18/h2-7,10,19H,9,11H2,1H3. The van der Waals surface area contributed by atoms with E-state index in [0.717, 1.165) is 16.8 Å². The van der Waals surface area contributed by atoms with E-state index in [1.807, 2.05) is 25.1 Å². The lowest BCUT2D eigenvalue weighted by Crippen LogP contribution is -2.02. The molecule has 0 aliphatic heterocycles. The van der Waals surface area contributed by atoms with E-state index in [-0.39, 0.29) is 12.4 Å². The van der Waals surface area contributed by atoms with Gasteiger partial charge in [0.1, 0.15) is 17.6 Å². The second kappa shape index (κ2) is 6.58. The molecule has 1 N–H and O–H groups in total. The van der Waals surface area contributed by atoms with Crippen LogP contribution in [0.3, 0.4) is 0 Å². The quantitative estimate of drug-likeness (QED) is 0.902. The van der Waals surface area contributed by atoms with Gasteiger partial charge in [0.25, 0.3) is 0 Å². The molecule has 2 aromatic rings. The highest BCUT2D eigenvalue weighted by Gasteiger charge is 2.01. The van der Waals surface area contributed by atoms with Crippen LogP contribution in [0.5, 0.6) is 5.75 Å². The molecule has 0 radical (unpaired) electrons. The highest BCUT2D eigenvalue weighted by molar-refractivity contribution is 5.47. The number of hydrogen-bond donors (Lipinski definition) is 1. The summed E-state index contributed by atoms with van der Waals surface area (Å²) in [6, 6.07) is 14.0. The lowest BCUT2D eigenvalue weighted by Gasteiger charge is -2.10. The summed E-state index contributed by atoms with van der Waals surface area (Å²) < 4.78 is 18.3. The van der Waals surface area contributed by atoms with Gasteiger partial charge in [0.2, 0.25) is 0 Å². The van der Waals surface area contributed by atoms with Crippen LogP contribution in [0.1, 0.15) is 11.1 Å². The molecule has 0 aromatic heterocycles. The molecule has 3 nitrogen and oxygen atoms in total. The van der Waals surface area contributed by atoms with Crippen molar-refractivity contribution in [3.05, 3.63) is 59.4 Å². The van der Waals surface area contributed by atoms with Gasteiger partial charge in [0, 0.05) is 12.2 Å². The molecule has 0 fully saturated rings. The van der Waals surface area contributed by atoms with Crippen molar-refractivity contribution in [1.82, 2.24) is 0 Å². The Hall–Kier alpha value is -2.54. The second-order valence-electron chi connectivity index (χ2n) is 4.40. The van der Waals surface area contributed by atoms with Gasteiger partial charge >= 0.3 is 0 Å². The molecule has 4 heteroatoms. The number of halogens is 1. The minimum absolute atomic E-state index is 0.0370. The zero-order chi connectivity index (χ0) is 14.4. The third-order valence-electron chi connectivity index (χ3n) is 2.95. The van der Waals surface area contributed by atoms with Gasteiger partial charge in [0.15, 0.2) is 6.61 Å². The summed E-state index contributed by atoms with van der Waals surface area (Å²) >= 11 is 0. The van der Waals surface area contributed by atoms with E-state index in [1.165, 1.54) is 12.1 Å². The highest BCUT2D eigenvalue weighted by Crippen LogP contribution is 2.17. The van der Waals surface area contributed by atoms with Crippen LogP contribution in [0.15, 0.2) is 42.5 Å². The molecule has 0 saturated heterocycles. The molecule has 20 heavy (non-hydrogen) atoms. The van der Waals surface area contributed by atoms with Crippen LogP contribution in [0.2, 0.25) is 0 Å². The second-order valence-corrected chi connectivity index (χ2v) is 4.40. The van der Waals surface area contributed by atoms with Crippen molar-refractivity contribution in [2.75, 3.05) is 11.9 Å². The molecule has 0 amide bonds. The number of anilines is 1. The average Bonchev–Trinajstić information content (AvgIpc) is 2.47. The van der Waals surface area contributed by atoms with Crippen LogP contribution in [-0.4, -0.2) is 6.61 Å². The van der Waals surface area contributed by atoms with Crippen LogP contribution < -0.4 is 10.1 Å².